The first kappa shape index (κ1) is 13.8. The number of amides is 1. The van der Waals surface area contributed by atoms with Gasteiger partial charge in [0.2, 0.25) is 0 Å². The zero-order chi connectivity index (χ0) is 14.1. The predicted molar refractivity (Wildman–Crippen MR) is 87.7 cm³/mol. The second kappa shape index (κ2) is 5.68. The van der Waals surface area contributed by atoms with E-state index in [1.54, 1.807) is 35.6 Å². The lowest BCUT2D eigenvalue weighted by atomic mass is 10.1. The molecule has 0 unspecified atom stereocenters. The fraction of sp³-hybridized carbons (Fsp3) is 0.214. The number of thioether (sulfide) groups is 1. The molecule has 0 fully saturated rings. The average Bonchev–Trinajstić information content (AvgIpc) is 3.00. The van der Waals surface area contributed by atoms with Gasteiger partial charge in [-0.05, 0) is 36.2 Å². The molecule has 104 valence electrons. The van der Waals surface area contributed by atoms with Crippen molar-refractivity contribution in [3.63, 3.8) is 0 Å². The van der Waals surface area contributed by atoms with E-state index >= 15 is 0 Å². The SMILES string of the molecule is CNc1sc2c(c1C(=O)Nc1ccc(Cl)cc1)CCS2. The predicted octanol–water partition coefficient (Wildman–Crippen LogP) is 4.34. The molecular formula is C14H13ClN2OS2. The van der Waals surface area contributed by atoms with Gasteiger partial charge in [0, 0.05) is 23.5 Å². The Balaban J connectivity index is 1.89. The van der Waals surface area contributed by atoms with Crippen LogP contribution >= 0.6 is 34.7 Å². The van der Waals surface area contributed by atoms with Gasteiger partial charge in [0.1, 0.15) is 5.00 Å². The van der Waals surface area contributed by atoms with E-state index in [0.29, 0.717) is 5.02 Å². The Bertz CT molecular complexity index is 652. The van der Waals surface area contributed by atoms with Crippen LogP contribution in [0.3, 0.4) is 0 Å². The minimum Gasteiger partial charge on any atom is -0.379 e. The maximum atomic E-state index is 12.5. The van der Waals surface area contributed by atoms with E-state index in [9.17, 15) is 4.79 Å². The standard InChI is InChI=1S/C14H13ClN2OS2/c1-16-13-11(10-6-7-19-14(10)20-13)12(18)17-9-4-2-8(15)3-5-9/h2-5,16H,6-7H2,1H3,(H,17,18). The van der Waals surface area contributed by atoms with Crippen molar-refractivity contribution in [2.45, 2.75) is 10.6 Å². The number of benzene rings is 1. The van der Waals surface area contributed by atoms with Crippen LogP contribution in [0.25, 0.3) is 0 Å². The zero-order valence-corrected chi connectivity index (χ0v) is 13.2. The minimum atomic E-state index is -0.0586. The van der Waals surface area contributed by atoms with Crippen LogP contribution in [0.1, 0.15) is 15.9 Å². The molecule has 0 saturated heterocycles. The molecule has 20 heavy (non-hydrogen) atoms. The number of thiophene rings is 1. The van der Waals surface area contributed by atoms with Crippen molar-refractivity contribution >= 4 is 51.3 Å². The number of hydrogen-bond donors (Lipinski definition) is 2. The Morgan fingerprint density at radius 3 is 2.75 bits per heavy atom. The molecule has 0 spiro atoms. The van der Waals surface area contributed by atoms with E-state index < -0.39 is 0 Å². The van der Waals surface area contributed by atoms with Crippen molar-refractivity contribution in [1.29, 1.82) is 0 Å². The minimum absolute atomic E-state index is 0.0586. The maximum Gasteiger partial charge on any atom is 0.258 e. The van der Waals surface area contributed by atoms with Gasteiger partial charge in [0.15, 0.2) is 0 Å². The topological polar surface area (TPSA) is 41.1 Å². The van der Waals surface area contributed by atoms with E-state index in [-0.39, 0.29) is 5.91 Å². The van der Waals surface area contributed by atoms with Crippen LogP contribution in [0, 0.1) is 0 Å². The lowest BCUT2D eigenvalue weighted by Gasteiger charge is -2.08. The summed E-state index contributed by atoms with van der Waals surface area (Å²) >= 11 is 9.33. The van der Waals surface area contributed by atoms with Crippen molar-refractivity contribution in [3.05, 3.63) is 40.4 Å². The third kappa shape index (κ3) is 2.53. The van der Waals surface area contributed by atoms with Gasteiger partial charge in [-0.1, -0.05) is 11.6 Å². The number of anilines is 2. The second-order valence-electron chi connectivity index (χ2n) is 4.38. The van der Waals surface area contributed by atoms with Gasteiger partial charge >= 0.3 is 0 Å². The van der Waals surface area contributed by atoms with Crippen molar-refractivity contribution in [1.82, 2.24) is 0 Å². The number of hydrogen-bond acceptors (Lipinski definition) is 4. The largest absolute Gasteiger partial charge is 0.379 e. The summed E-state index contributed by atoms with van der Waals surface area (Å²) in [6.45, 7) is 0. The van der Waals surface area contributed by atoms with Gasteiger partial charge in [-0.25, -0.2) is 0 Å². The van der Waals surface area contributed by atoms with Gasteiger partial charge in [-0.3, -0.25) is 4.79 Å². The summed E-state index contributed by atoms with van der Waals surface area (Å²) < 4.78 is 1.26. The van der Waals surface area contributed by atoms with Crippen LogP contribution in [0.2, 0.25) is 5.02 Å². The molecule has 1 aromatic carbocycles. The Labute approximate surface area is 130 Å². The summed E-state index contributed by atoms with van der Waals surface area (Å²) in [5.74, 6) is 1.00. The third-order valence-corrected chi connectivity index (χ3v) is 5.93. The fourth-order valence-electron chi connectivity index (χ4n) is 2.18. The Morgan fingerprint density at radius 1 is 1.30 bits per heavy atom. The summed E-state index contributed by atoms with van der Waals surface area (Å²) in [7, 11) is 1.85. The first-order valence-corrected chi connectivity index (χ1v) is 8.40. The molecule has 3 rings (SSSR count). The van der Waals surface area contributed by atoms with Crippen molar-refractivity contribution in [2.24, 2.45) is 0 Å². The van der Waals surface area contributed by atoms with E-state index in [1.807, 2.05) is 18.8 Å². The Hall–Kier alpha value is -1.17. The molecule has 1 aromatic heterocycles. The quantitative estimate of drug-likeness (QED) is 0.882. The Kier molecular flexibility index (Phi) is 3.92. The highest BCUT2D eigenvalue weighted by Crippen LogP contribution is 2.44. The molecule has 2 aromatic rings. The van der Waals surface area contributed by atoms with Crippen LogP contribution < -0.4 is 10.6 Å². The Morgan fingerprint density at radius 2 is 2.05 bits per heavy atom. The van der Waals surface area contributed by atoms with Crippen molar-refractivity contribution in [2.75, 3.05) is 23.4 Å². The number of carbonyl (C=O) groups excluding carboxylic acids is 1. The molecule has 0 aliphatic carbocycles. The van der Waals surface area contributed by atoms with Crippen LogP contribution in [0.5, 0.6) is 0 Å². The van der Waals surface area contributed by atoms with E-state index in [0.717, 1.165) is 28.4 Å². The lowest BCUT2D eigenvalue weighted by Crippen LogP contribution is -2.14. The molecule has 0 saturated carbocycles. The molecule has 6 heteroatoms. The smallest absolute Gasteiger partial charge is 0.258 e. The number of rotatable bonds is 3. The van der Waals surface area contributed by atoms with Gasteiger partial charge in [-0.15, -0.1) is 23.1 Å². The van der Waals surface area contributed by atoms with E-state index in [2.05, 4.69) is 10.6 Å². The number of halogens is 1. The summed E-state index contributed by atoms with van der Waals surface area (Å²) in [6.07, 6.45) is 0.960. The van der Waals surface area contributed by atoms with Crippen LogP contribution in [-0.4, -0.2) is 18.7 Å². The van der Waals surface area contributed by atoms with Gasteiger partial charge in [0.25, 0.3) is 5.91 Å². The maximum absolute atomic E-state index is 12.5. The van der Waals surface area contributed by atoms with Crippen LogP contribution in [0.15, 0.2) is 28.5 Å². The summed E-state index contributed by atoms with van der Waals surface area (Å²) in [4.78, 5) is 12.5. The fourth-order valence-corrected chi connectivity index (χ4v) is 4.84. The summed E-state index contributed by atoms with van der Waals surface area (Å²) in [6, 6.07) is 7.15. The molecule has 0 bridgehead atoms. The second-order valence-corrected chi connectivity index (χ2v) is 7.20. The number of carbonyl (C=O) groups is 1. The zero-order valence-electron chi connectivity index (χ0n) is 10.8. The molecule has 1 amide bonds. The molecule has 2 N–H and O–H groups in total. The van der Waals surface area contributed by atoms with Crippen LogP contribution in [0.4, 0.5) is 10.7 Å². The van der Waals surface area contributed by atoms with Gasteiger partial charge in [-0.2, -0.15) is 0 Å². The molecule has 1 aliphatic rings. The number of fused-ring (bicyclic) bond motifs is 1. The molecule has 3 nitrogen and oxygen atoms in total. The monoisotopic (exact) mass is 324 g/mol. The first-order chi connectivity index (χ1) is 9.69. The highest BCUT2D eigenvalue weighted by atomic mass is 35.5. The van der Waals surface area contributed by atoms with E-state index in [1.165, 1.54) is 9.77 Å². The normalized spacial score (nSPS) is 13.1. The molecular weight excluding hydrogens is 312 g/mol. The number of nitrogens with one attached hydrogen (secondary N) is 2. The van der Waals surface area contributed by atoms with Crippen molar-refractivity contribution in [3.8, 4) is 0 Å². The van der Waals surface area contributed by atoms with Gasteiger partial charge in [0.05, 0.1) is 9.77 Å². The van der Waals surface area contributed by atoms with Crippen LogP contribution in [-0.2, 0) is 6.42 Å². The average molecular weight is 325 g/mol. The summed E-state index contributed by atoms with van der Waals surface area (Å²) in [5, 5.41) is 7.66. The molecule has 0 atom stereocenters. The van der Waals surface area contributed by atoms with Gasteiger partial charge < -0.3 is 10.6 Å². The lowest BCUT2D eigenvalue weighted by molar-refractivity contribution is 0.102. The van der Waals surface area contributed by atoms with E-state index in [4.69, 9.17) is 11.6 Å². The molecule has 1 aliphatic heterocycles. The molecule has 0 radical (unpaired) electrons. The third-order valence-electron chi connectivity index (χ3n) is 3.11. The molecule has 2 heterocycles. The summed E-state index contributed by atoms with van der Waals surface area (Å²) in [5.41, 5.74) is 2.72. The first-order valence-electron chi connectivity index (χ1n) is 6.22. The van der Waals surface area contributed by atoms with Crippen molar-refractivity contribution < 1.29 is 4.79 Å². The highest BCUT2D eigenvalue weighted by molar-refractivity contribution is 8.01. The highest BCUT2D eigenvalue weighted by Gasteiger charge is 2.26.